The van der Waals surface area contributed by atoms with Crippen LogP contribution in [0.3, 0.4) is 0 Å². The summed E-state index contributed by atoms with van der Waals surface area (Å²) >= 11 is 12.8. The van der Waals surface area contributed by atoms with Crippen LogP contribution in [0, 0.1) is 11.3 Å². The number of hydrogen-bond donors (Lipinski definition) is 3. The lowest BCUT2D eigenvalue weighted by Crippen LogP contribution is -2.51. The van der Waals surface area contributed by atoms with E-state index in [1.165, 1.54) is 17.8 Å². The fourth-order valence-corrected chi connectivity index (χ4v) is 8.43. The number of azo groups is 1. The molecule has 1 aromatic heterocycles. The smallest absolute Gasteiger partial charge is 0.269 e. The second-order valence-electron chi connectivity index (χ2n) is 10.7. The van der Waals surface area contributed by atoms with Gasteiger partial charge in [0.05, 0.1) is 40.8 Å². The molecule has 7 unspecified atom stereocenters. The molecule has 2 saturated carbocycles. The summed E-state index contributed by atoms with van der Waals surface area (Å²) in [7, 11) is -8.40. The maximum Gasteiger partial charge on any atom is 0.269 e. The number of halogens is 2. The zero-order chi connectivity index (χ0) is 31.2. The fraction of sp³-hybridized carbons (Fsp3) is 0.792. The first-order valence-electron chi connectivity index (χ1n) is 13.7. The molecule has 3 N–H and O–H groups in total. The Bertz CT molecular complexity index is 1380. The van der Waals surface area contributed by atoms with Crippen LogP contribution < -0.4 is 5.32 Å². The molecule has 1 aromatic rings. The van der Waals surface area contributed by atoms with Crippen LogP contribution in [0.1, 0.15) is 70.4 Å². The number of amides is 1. The number of nitriles is 1. The van der Waals surface area contributed by atoms with Gasteiger partial charge in [-0.2, -0.15) is 32.3 Å². The molecule has 14 nitrogen and oxygen atoms in total. The molecular formula is C24H37Cl2N7O7S2. The summed E-state index contributed by atoms with van der Waals surface area (Å²) in [5.41, 5.74) is 0.137. The van der Waals surface area contributed by atoms with Crippen molar-refractivity contribution in [3.63, 3.8) is 0 Å². The Morgan fingerprint density at radius 1 is 1.19 bits per heavy atom. The molecule has 7 atom stereocenters. The molecule has 0 radical (unpaired) electrons. The molecule has 0 spiro atoms. The van der Waals surface area contributed by atoms with E-state index in [1.54, 1.807) is 0 Å². The minimum Gasteiger partial charge on any atom is -0.351 e. The Labute approximate surface area is 256 Å². The number of nitrogens with zero attached hydrogens (tertiary/aromatic N) is 6. The van der Waals surface area contributed by atoms with Gasteiger partial charge < -0.3 is 10.2 Å². The van der Waals surface area contributed by atoms with Gasteiger partial charge in [0.1, 0.15) is 16.9 Å². The summed E-state index contributed by atoms with van der Waals surface area (Å²) in [4.78, 5) is 14.3. The topological polar surface area (TPSA) is 207 Å². The van der Waals surface area contributed by atoms with E-state index in [4.69, 9.17) is 27.8 Å². The molecule has 0 aromatic carbocycles. The highest BCUT2D eigenvalue weighted by atomic mass is 35.5. The second-order valence-corrected chi connectivity index (χ2v) is 15.1. The number of carbonyl (C=O) groups excluding carboxylic acids is 1. The van der Waals surface area contributed by atoms with Crippen molar-refractivity contribution in [1.82, 2.24) is 20.0 Å². The summed E-state index contributed by atoms with van der Waals surface area (Å²) in [5.74, 6) is -0.376. The summed E-state index contributed by atoms with van der Waals surface area (Å²) < 4.78 is 65.4. The Hall–Kier alpha value is -1.87. The summed E-state index contributed by atoms with van der Waals surface area (Å²) in [5, 5.41) is 22.9. The van der Waals surface area contributed by atoms with Crippen molar-refractivity contribution in [1.29, 1.82) is 5.26 Å². The number of hydrogen-bond acceptors (Lipinski definition) is 10. The van der Waals surface area contributed by atoms with E-state index >= 15 is 0 Å². The molecule has 3 rings (SSSR count). The van der Waals surface area contributed by atoms with Gasteiger partial charge in [-0.15, -0.1) is 28.3 Å². The Balaban J connectivity index is 1.77. The van der Waals surface area contributed by atoms with Crippen LogP contribution in [0.25, 0.3) is 0 Å². The van der Waals surface area contributed by atoms with Crippen LogP contribution in [-0.2, 0) is 25.0 Å². The van der Waals surface area contributed by atoms with Crippen molar-refractivity contribution < 1.29 is 30.7 Å². The number of alkyl halides is 2. The van der Waals surface area contributed by atoms with Crippen molar-refractivity contribution in [2.24, 2.45) is 10.2 Å². The summed E-state index contributed by atoms with van der Waals surface area (Å²) in [6.45, 7) is 4.79. The molecule has 1 heterocycles. The minimum atomic E-state index is -4.40. The molecule has 1 amide bonds. The highest BCUT2D eigenvalue weighted by molar-refractivity contribution is 7.86. The standard InChI is InChI=1S/C24H37Cl2N7O7S2/c1-3-32(8-4-5-9-41(35,36)37)17-6-7-20(21(10-17)29-15(2)34)30-31-24-16(13-27)14-28-33(24)22-11-19(26)23(12-18(22)25)42(38,39)40/h14,17-23H,3-12H2,1-2H3,(H,29,34)(H,35,36,37)(H,38,39,40). The third-order valence-corrected chi connectivity index (χ3v) is 11.0. The number of carbonyl (C=O) groups is 1. The SMILES string of the molecule is CCN(CCCCS(=O)(=O)O)C1CCC(N=Nc2c(C#N)cnn2C2CC(Cl)C(S(=O)(=O)O)CC2Cl)C(NC(C)=O)C1. The van der Waals surface area contributed by atoms with E-state index in [-0.39, 0.29) is 48.0 Å². The largest absolute Gasteiger partial charge is 0.351 e. The fourth-order valence-electron chi connectivity index (χ4n) is 5.74. The maximum atomic E-state index is 12.0. The average Bonchev–Trinajstić information content (AvgIpc) is 3.30. The third kappa shape index (κ3) is 9.31. The molecule has 2 aliphatic carbocycles. The first kappa shape index (κ1) is 34.6. The Morgan fingerprint density at radius 3 is 2.50 bits per heavy atom. The number of aromatic nitrogens is 2. The first-order valence-corrected chi connectivity index (χ1v) is 17.7. The molecule has 42 heavy (non-hydrogen) atoms. The number of unbranched alkanes of at least 4 members (excludes halogenated alkanes) is 1. The monoisotopic (exact) mass is 669 g/mol. The van der Waals surface area contributed by atoms with Crippen molar-refractivity contribution >= 4 is 55.2 Å². The van der Waals surface area contributed by atoms with E-state index in [0.717, 1.165) is 13.0 Å². The minimum absolute atomic E-state index is 0.0615. The second kappa shape index (κ2) is 14.7. The summed E-state index contributed by atoms with van der Waals surface area (Å²) in [6.07, 6.45) is 4.11. The molecule has 2 aliphatic rings. The van der Waals surface area contributed by atoms with E-state index < -0.39 is 48.3 Å². The molecule has 236 valence electrons. The quantitative estimate of drug-likeness (QED) is 0.128. The van der Waals surface area contributed by atoms with Gasteiger partial charge in [0.15, 0.2) is 5.82 Å². The zero-order valence-corrected chi connectivity index (χ0v) is 26.5. The lowest BCUT2D eigenvalue weighted by atomic mass is 9.86. The molecule has 0 aliphatic heterocycles. The zero-order valence-electron chi connectivity index (χ0n) is 23.4. The molecule has 18 heteroatoms. The third-order valence-electron chi connectivity index (χ3n) is 7.83. The normalized spacial score (nSPS) is 29.0. The van der Waals surface area contributed by atoms with E-state index in [2.05, 4.69) is 25.5 Å². The van der Waals surface area contributed by atoms with Crippen LogP contribution in [0.4, 0.5) is 5.82 Å². The first-order chi connectivity index (χ1) is 19.6. The van der Waals surface area contributed by atoms with E-state index in [0.29, 0.717) is 32.2 Å². The van der Waals surface area contributed by atoms with Gasteiger partial charge in [-0.1, -0.05) is 6.92 Å². The van der Waals surface area contributed by atoms with Crippen molar-refractivity contribution in [3.8, 4) is 6.07 Å². The van der Waals surface area contributed by atoms with E-state index in [1.807, 2.05) is 13.0 Å². The average molecular weight is 671 g/mol. The van der Waals surface area contributed by atoms with Gasteiger partial charge >= 0.3 is 0 Å². The van der Waals surface area contributed by atoms with Gasteiger partial charge in [-0.25, -0.2) is 4.68 Å². The molecular weight excluding hydrogens is 633 g/mol. The van der Waals surface area contributed by atoms with Gasteiger partial charge in [0, 0.05) is 13.0 Å². The highest BCUT2D eigenvalue weighted by Gasteiger charge is 2.43. The molecule has 2 fully saturated rings. The van der Waals surface area contributed by atoms with Crippen molar-refractivity contribution in [3.05, 3.63) is 11.8 Å². The lowest BCUT2D eigenvalue weighted by molar-refractivity contribution is -0.120. The Kier molecular flexibility index (Phi) is 12.1. The van der Waals surface area contributed by atoms with Crippen LogP contribution >= 0.6 is 23.2 Å². The summed E-state index contributed by atoms with van der Waals surface area (Å²) in [6, 6.07) is 0.782. The van der Waals surface area contributed by atoms with Gasteiger partial charge in [0.2, 0.25) is 5.91 Å². The predicted octanol–water partition coefficient (Wildman–Crippen LogP) is 3.06. The van der Waals surface area contributed by atoms with E-state index in [9.17, 15) is 31.4 Å². The molecule has 0 bridgehead atoms. The lowest BCUT2D eigenvalue weighted by Gasteiger charge is -2.39. The van der Waals surface area contributed by atoms with Gasteiger partial charge in [-0.3, -0.25) is 13.9 Å². The number of rotatable bonds is 12. The van der Waals surface area contributed by atoms with Crippen LogP contribution in [0.2, 0.25) is 0 Å². The van der Waals surface area contributed by atoms with Gasteiger partial charge in [-0.05, 0) is 58.0 Å². The van der Waals surface area contributed by atoms with Gasteiger partial charge in [0.25, 0.3) is 20.2 Å². The number of nitrogens with one attached hydrogen (secondary N) is 1. The van der Waals surface area contributed by atoms with Crippen LogP contribution in [0.5, 0.6) is 0 Å². The predicted molar refractivity (Wildman–Crippen MR) is 156 cm³/mol. The van der Waals surface area contributed by atoms with Crippen molar-refractivity contribution in [2.75, 3.05) is 18.8 Å². The van der Waals surface area contributed by atoms with Crippen LogP contribution in [-0.4, -0.2) is 99.5 Å². The molecule has 0 saturated heterocycles. The van der Waals surface area contributed by atoms with Crippen LogP contribution in [0.15, 0.2) is 16.4 Å². The highest BCUT2D eigenvalue weighted by Crippen LogP contribution is 2.40. The Morgan fingerprint density at radius 2 is 1.90 bits per heavy atom. The maximum absolute atomic E-state index is 12.0. The van der Waals surface area contributed by atoms with Crippen molar-refractivity contribution in [2.45, 2.75) is 99.0 Å².